The lowest BCUT2D eigenvalue weighted by Crippen LogP contribution is -1.86. The van der Waals surface area contributed by atoms with Gasteiger partial charge < -0.3 is 0 Å². The van der Waals surface area contributed by atoms with Crippen LogP contribution in [0.4, 0.5) is 17.6 Å². The van der Waals surface area contributed by atoms with Crippen LogP contribution >= 0.6 is 0 Å². The summed E-state index contributed by atoms with van der Waals surface area (Å²) in [6, 6.07) is 39.3. The molecule has 7 aromatic carbocycles. The first-order valence-corrected chi connectivity index (χ1v) is 13.5. The van der Waals surface area contributed by atoms with Gasteiger partial charge in [0.15, 0.2) is 0 Å². The Morgan fingerprint density at radius 3 is 0.857 bits per heavy atom. The molecule has 0 bridgehead atoms. The van der Waals surface area contributed by atoms with Crippen LogP contribution in [0.3, 0.4) is 0 Å². The second kappa shape index (κ2) is 10.3. The Balaban J connectivity index is 1.17. The summed E-state index contributed by atoms with van der Waals surface area (Å²) >= 11 is 0. The highest BCUT2D eigenvalue weighted by Crippen LogP contribution is 2.34. The Morgan fingerprint density at radius 2 is 0.524 bits per heavy atom. The van der Waals surface area contributed by atoms with Crippen LogP contribution in [0, 0.1) is 23.3 Å². The monoisotopic (exact) mass is 554 g/mol. The number of hydrogen-bond donors (Lipinski definition) is 0. The molecule has 0 atom stereocenters. The third-order valence-electron chi connectivity index (χ3n) is 7.66. The Labute approximate surface area is 240 Å². The molecule has 202 valence electrons. The first-order chi connectivity index (χ1) is 20.4. The molecule has 0 amide bonds. The molecule has 7 rings (SSSR count). The van der Waals surface area contributed by atoms with Gasteiger partial charge in [-0.1, -0.05) is 84.9 Å². The van der Waals surface area contributed by atoms with Crippen LogP contribution in [0.2, 0.25) is 0 Å². The molecule has 0 radical (unpaired) electrons. The molecule has 0 saturated heterocycles. The maximum Gasteiger partial charge on any atom is 0.126 e. The fourth-order valence-electron chi connectivity index (χ4n) is 5.58. The van der Waals surface area contributed by atoms with Crippen LogP contribution in [0.5, 0.6) is 0 Å². The molecule has 0 saturated carbocycles. The normalized spacial score (nSPS) is 11.3. The molecule has 0 heterocycles. The average molecular weight is 555 g/mol. The lowest BCUT2D eigenvalue weighted by molar-refractivity contribution is 0.583. The van der Waals surface area contributed by atoms with Gasteiger partial charge in [0.2, 0.25) is 0 Å². The average Bonchev–Trinajstić information content (AvgIpc) is 2.99. The first kappa shape index (κ1) is 25.7. The summed E-state index contributed by atoms with van der Waals surface area (Å²) in [5.74, 6) is -2.39. The molecule has 0 aliphatic rings. The summed E-state index contributed by atoms with van der Waals surface area (Å²) in [4.78, 5) is 0. The molecule has 0 nitrogen and oxygen atoms in total. The molecule has 0 aliphatic heterocycles. The third-order valence-corrected chi connectivity index (χ3v) is 7.66. The molecule has 0 unspecified atom stereocenters. The quantitative estimate of drug-likeness (QED) is 0.150. The van der Waals surface area contributed by atoms with Crippen molar-refractivity contribution < 1.29 is 17.6 Å². The minimum atomic E-state index is -0.598. The second-order valence-corrected chi connectivity index (χ2v) is 10.4. The van der Waals surface area contributed by atoms with Gasteiger partial charge in [-0.3, -0.25) is 0 Å². The van der Waals surface area contributed by atoms with E-state index in [9.17, 15) is 17.6 Å². The lowest BCUT2D eigenvalue weighted by Gasteiger charge is -2.10. The highest BCUT2D eigenvalue weighted by molar-refractivity contribution is 6.09. The molecular formula is C38H22F4. The Morgan fingerprint density at radius 1 is 0.238 bits per heavy atom. The van der Waals surface area contributed by atoms with Crippen molar-refractivity contribution in [2.45, 2.75) is 0 Å². The maximum atomic E-state index is 13.7. The van der Waals surface area contributed by atoms with E-state index >= 15 is 0 Å². The summed E-state index contributed by atoms with van der Waals surface area (Å²) < 4.78 is 54.6. The van der Waals surface area contributed by atoms with Gasteiger partial charge in [-0.2, -0.15) is 0 Å². The predicted molar refractivity (Wildman–Crippen MR) is 163 cm³/mol. The van der Waals surface area contributed by atoms with Gasteiger partial charge in [-0.05, 0) is 102 Å². The van der Waals surface area contributed by atoms with Crippen molar-refractivity contribution in [1.29, 1.82) is 0 Å². The van der Waals surface area contributed by atoms with E-state index in [1.165, 1.54) is 24.3 Å². The number of rotatable bonds is 4. The number of halogens is 4. The van der Waals surface area contributed by atoms with Crippen LogP contribution in [0.1, 0.15) is 0 Å². The summed E-state index contributed by atoms with van der Waals surface area (Å²) in [6.45, 7) is 0. The Bertz CT molecular complexity index is 1920. The molecule has 0 fully saturated rings. The SMILES string of the molecule is Fc1cc(F)cc(-c2ccc(-c3ccc4c(ccc5cc(-c6ccc(-c7cc(F)cc(F)c7)cc6)ccc54)c3)cc2)c1. The number of hydrogen-bond acceptors (Lipinski definition) is 0. The van der Waals surface area contributed by atoms with E-state index in [-0.39, 0.29) is 0 Å². The number of benzene rings is 7. The van der Waals surface area contributed by atoms with E-state index in [4.69, 9.17) is 0 Å². The minimum absolute atomic E-state index is 0.501. The fourth-order valence-corrected chi connectivity index (χ4v) is 5.58. The van der Waals surface area contributed by atoms with Crippen molar-refractivity contribution in [2.75, 3.05) is 0 Å². The van der Waals surface area contributed by atoms with E-state index < -0.39 is 23.3 Å². The second-order valence-electron chi connectivity index (χ2n) is 10.4. The van der Waals surface area contributed by atoms with Crippen LogP contribution in [0.25, 0.3) is 66.1 Å². The van der Waals surface area contributed by atoms with E-state index in [0.717, 1.165) is 67.1 Å². The molecule has 0 N–H and O–H groups in total. The van der Waals surface area contributed by atoms with E-state index in [1.807, 2.05) is 48.5 Å². The van der Waals surface area contributed by atoms with Crippen molar-refractivity contribution in [2.24, 2.45) is 0 Å². The third kappa shape index (κ3) is 4.92. The zero-order chi connectivity index (χ0) is 28.8. The largest absolute Gasteiger partial charge is 0.207 e. The highest BCUT2D eigenvalue weighted by atomic mass is 19.1. The van der Waals surface area contributed by atoms with Crippen molar-refractivity contribution in [3.8, 4) is 44.5 Å². The smallest absolute Gasteiger partial charge is 0.126 e. The van der Waals surface area contributed by atoms with Crippen LogP contribution in [0.15, 0.2) is 133 Å². The predicted octanol–water partition coefficient (Wildman–Crippen LogP) is 11.2. The zero-order valence-electron chi connectivity index (χ0n) is 22.2. The van der Waals surface area contributed by atoms with Gasteiger partial charge in [0.25, 0.3) is 0 Å². The first-order valence-electron chi connectivity index (χ1n) is 13.5. The Hall–Kier alpha value is -5.22. The summed E-state index contributed by atoms with van der Waals surface area (Å²) in [5.41, 5.74) is 6.62. The van der Waals surface area contributed by atoms with E-state index in [1.54, 1.807) is 0 Å². The van der Waals surface area contributed by atoms with Gasteiger partial charge in [-0.15, -0.1) is 0 Å². The van der Waals surface area contributed by atoms with Crippen LogP contribution in [-0.2, 0) is 0 Å². The molecule has 4 heteroatoms. The molecule has 0 aromatic heterocycles. The van der Waals surface area contributed by atoms with Gasteiger partial charge in [0.1, 0.15) is 23.3 Å². The topological polar surface area (TPSA) is 0 Å². The van der Waals surface area contributed by atoms with Crippen molar-refractivity contribution in [1.82, 2.24) is 0 Å². The minimum Gasteiger partial charge on any atom is -0.207 e. The van der Waals surface area contributed by atoms with Gasteiger partial charge >= 0.3 is 0 Å². The molecule has 7 aromatic rings. The van der Waals surface area contributed by atoms with Gasteiger partial charge in [-0.25, -0.2) is 17.6 Å². The summed E-state index contributed by atoms with van der Waals surface area (Å²) in [7, 11) is 0. The van der Waals surface area contributed by atoms with Crippen LogP contribution in [-0.4, -0.2) is 0 Å². The molecule has 42 heavy (non-hydrogen) atoms. The fraction of sp³-hybridized carbons (Fsp3) is 0. The standard InChI is InChI=1S/C38H22F4/c39-33-17-31(18-34(40)21-33)25-5-1-23(2-6-25)27-11-13-37-29(15-27)9-10-30-16-28(12-14-38(30)37)24-3-7-26(8-4-24)32-19-35(41)22-36(42)20-32/h1-22H. The van der Waals surface area contributed by atoms with Gasteiger partial charge in [0, 0.05) is 12.1 Å². The van der Waals surface area contributed by atoms with E-state index in [2.05, 4.69) is 48.5 Å². The Kier molecular flexibility index (Phi) is 6.32. The van der Waals surface area contributed by atoms with Crippen molar-refractivity contribution >= 4 is 21.5 Å². The molecular weight excluding hydrogens is 532 g/mol. The molecule has 0 aliphatic carbocycles. The molecule has 0 spiro atoms. The van der Waals surface area contributed by atoms with Crippen molar-refractivity contribution in [3.05, 3.63) is 157 Å². The lowest BCUT2D eigenvalue weighted by atomic mass is 9.94. The zero-order valence-corrected chi connectivity index (χ0v) is 22.2. The van der Waals surface area contributed by atoms with Crippen LogP contribution < -0.4 is 0 Å². The van der Waals surface area contributed by atoms with E-state index in [0.29, 0.717) is 11.1 Å². The number of fused-ring (bicyclic) bond motifs is 3. The summed E-state index contributed by atoms with van der Waals surface area (Å²) in [5, 5.41) is 4.49. The van der Waals surface area contributed by atoms with Crippen molar-refractivity contribution in [3.63, 3.8) is 0 Å². The van der Waals surface area contributed by atoms with Gasteiger partial charge in [0.05, 0.1) is 0 Å². The highest BCUT2D eigenvalue weighted by Gasteiger charge is 2.09. The summed E-state index contributed by atoms with van der Waals surface area (Å²) in [6.07, 6.45) is 0. The maximum absolute atomic E-state index is 13.7.